The number of aliphatic hydroxyl groups excluding tert-OH is 1. The lowest BCUT2D eigenvalue weighted by atomic mass is 9.82. The largest absolute Gasteiger partial charge is 0.456 e. The Kier molecular flexibility index (Phi) is 5.05. The molecule has 5 N–H and O–H groups in total. The highest BCUT2D eigenvalue weighted by atomic mass is 19.4. The van der Waals surface area contributed by atoms with Crippen LogP contribution < -0.4 is 10.6 Å². The molecule has 3 aliphatic heterocycles. The maximum Gasteiger partial charge on any atom is 0.416 e. The van der Waals surface area contributed by atoms with Gasteiger partial charge in [0.2, 0.25) is 0 Å². The van der Waals surface area contributed by atoms with Crippen LogP contribution in [-0.4, -0.2) is 68.7 Å². The standard InChI is InChI=1S/C20H24F3N5O4/c1-9-15(32-17(30)12-4-6-13(7-5-12)20(21,22)23)10(2)27-18(24)26-14(8-29)16-19(9,27)28(31)11(3)25-16/h4-7,9-10,14-16,25,29,31H,3,8H2,1-2H3,(H2,24,26)/t9?,10-,14-,15+,16?,19?/m0/s1. The first-order chi connectivity index (χ1) is 14.9. The van der Waals surface area contributed by atoms with Gasteiger partial charge in [0.1, 0.15) is 11.9 Å². The maximum absolute atomic E-state index is 12.8. The van der Waals surface area contributed by atoms with Gasteiger partial charge in [-0.2, -0.15) is 13.2 Å². The third-order valence-electron chi connectivity index (χ3n) is 6.66. The summed E-state index contributed by atoms with van der Waals surface area (Å²) >= 11 is 0. The van der Waals surface area contributed by atoms with E-state index < -0.39 is 53.5 Å². The molecule has 174 valence electrons. The molecular weight excluding hydrogens is 431 g/mol. The van der Waals surface area contributed by atoms with Crippen molar-refractivity contribution in [2.45, 2.75) is 49.9 Å². The van der Waals surface area contributed by atoms with Crippen LogP contribution in [0.2, 0.25) is 0 Å². The van der Waals surface area contributed by atoms with E-state index in [9.17, 15) is 28.3 Å². The zero-order chi connectivity index (χ0) is 23.6. The molecule has 32 heavy (non-hydrogen) atoms. The molecule has 3 unspecified atom stereocenters. The van der Waals surface area contributed by atoms with Gasteiger partial charge in [0.05, 0.1) is 35.9 Å². The third kappa shape index (κ3) is 2.93. The number of carbonyl (C=O) groups is 1. The van der Waals surface area contributed by atoms with E-state index in [-0.39, 0.29) is 24.0 Å². The number of hydrogen-bond acceptors (Lipinski definition) is 7. The van der Waals surface area contributed by atoms with Gasteiger partial charge in [-0.1, -0.05) is 13.5 Å². The van der Waals surface area contributed by atoms with Gasteiger partial charge in [-0.25, -0.2) is 9.86 Å². The summed E-state index contributed by atoms with van der Waals surface area (Å²) in [7, 11) is 0. The second-order valence-electron chi connectivity index (χ2n) is 8.29. The highest BCUT2D eigenvalue weighted by molar-refractivity contribution is 5.89. The number of rotatable bonds is 3. The molecule has 3 fully saturated rings. The van der Waals surface area contributed by atoms with Gasteiger partial charge >= 0.3 is 12.1 Å². The summed E-state index contributed by atoms with van der Waals surface area (Å²) < 4.78 is 44.1. The van der Waals surface area contributed by atoms with Gasteiger partial charge in [-0.15, -0.1) is 0 Å². The number of hydrogen-bond donors (Lipinski definition) is 5. The molecule has 0 bridgehead atoms. The number of nitrogens with zero attached hydrogens (tertiary/aromatic N) is 2. The number of hydroxylamine groups is 2. The number of guanidine groups is 1. The lowest BCUT2D eigenvalue weighted by Gasteiger charge is -2.52. The molecule has 1 spiro atoms. The second kappa shape index (κ2) is 7.27. The quantitative estimate of drug-likeness (QED) is 0.433. The molecule has 4 rings (SSSR count). The van der Waals surface area contributed by atoms with Crippen LogP contribution in [-0.2, 0) is 10.9 Å². The summed E-state index contributed by atoms with van der Waals surface area (Å²) in [4.78, 5) is 14.3. The van der Waals surface area contributed by atoms with Crippen molar-refractivity contribution < 1.29 is 33.0 Å². The Morgan fingerprint density at radius 2 is 1.91 bits per heavy atom. The Morgan fingerprint density at radius 3 is 2.47 bits per heavy atom. The highest BCUT2D eigenvalue weighted by Gasteiger charge is 2.71. The van der Waals surface area contributed by atoms with Crippen molar-refractivity contribution in [1.82, 2.24) is 20.6 Å². The van der Waals surface area contributed by atoms with Crippen molar-refractivity contribution in [2.75, 3.05) is 6.61 Å². The van der Waals surface area contributed by atoms with Crippen LogP contribution in [0.5, 0.6) is 0 Å². The van der Waals surface area contributed by atoms with Crippen LogP contribution in [0.25, 0.3) is 0 Å². The van der Waals surface area contributed by atoms with E-state index in [4.69, 9.17) is 10.1 Å². The van der Waals surface area contributed by atoms with Gasteiger partial charge in [0, 0.05) is 5.92 Å². The molecular formula is C20H24F3N5O4. The predicted octanol–water partition coefficient (Wildman–Crippen LogP) is 1.30. The molecule has 6 atom stereocenters. The number of aliphatic hydroxyl groups is 1. The minimum Gasteiger partial charge on any atom is -0.456 e. The average Bonchev–Trinajstić information content (AvgIpc) is 3.13. The fourth-order valence-corrected chi connectivity index (χ4v) is 5.22. The molecule has 3 heterocycles. The smallest absolute Gasteiger partial charge is 0.416 e. The summed E-state index contributed by atoms with van der Waals surface area (Å²) in [5.74, 6) is -1.29. The Bertz CT molecular complexity index is 956. The minimum absolute atomic E-state index is 0.0485. The zero-order valence-electron chi connectivity index (χ0n) is 17.3. The molecule has 12 heteroatoms. The van der Waals surface area contributed by atoms with Crippen molar-refractivity contribution in [3.63, 3.8) is 0 Å². The third-order valence-corrected chi connectivity index (χ3v) is 6.66. The summed E-state index contributed by atoms with van der Waals surface area (Å²) in [5, 5.41) is 36.0. The van der Waals surface area contributed by atoms with Crippen LogP contribution in [0, 0.1) is 11.3 Å². The lowest BCUT2D eigenvalue weighted by molar-refractivity contribution is -0.192. The lowest BCUT2D eigenvalue weighted by Crippen LogP contribution is -2.76. The number of halogens is 3. The Labute approximate surface area is 181 Å². The molecule has 0 saturated carbocycles. The monoisotopic (exact) mass is 455 g/mol. The van der Waals surface area contributed by atoms with Gasteiger partial charge in [0.25, 0.3) is 0 Å². The van der Waals surface area contributed by atoms with Gasteiger partial charge in [-0.3, -0.25) is 10.6 Å². The van der Waals surface area contributed by atoms with Crippen molar-refractivity contribution in [3.8, 4) is 0 Å². The molecule has 0 aromatic heterocycles. The van der Waals surface area contributed by atoms with E-state index in [0.29, 0.717) is 0 Å². The number of ether oxygens (including phenoxy) is 1. The molecule has 0 aliphatic carbocycles. The van der Waals surface area contributed by atoms with Crippen LogP contribution in [0.1, 0.15) is 29.8 Å². The highest BCUT2D eigenvalue weighted by Crippen LogP contribution is 2.50. The summed E-state index contributed by atoms with van der Waals surface area (Å²) in [6, 6.07) is 1.92. The fourth-order valence-electron chi connectivity index (χ4n) is 5.22. The van der Waals surface area contributed by atoms with E-state index in [1.165, 1.54) is 0 Å². The number of alkyl halides is 3. The van der Waals surface area contributed by atoms with Crippen molar-refractivity contribution in [1.29, 1.82) is 5.41 Å². The molecule has 3 saturated heterocycles. The maximum atomic E-state index is 12.8. The Balaban J connectivity index is 1.65. The van der Waals surface area contributed by atoms with Gasteiger partial charge < -0.3 is 25.4 Å². The van der Waals surface area contributed by atoms with E-state index in [2.05, 4.69) is 17.2 Å². The zero-order valence-corrected chi connectivity index (χ0v) is 17.3. The summed E-state index contributed by atoms with van der Waals surface area (Å²) in [5.41, 5.74) is -2.19. The van der Waals surface area contributed by atoms with E-state index >= 15 is 0 Å². The average molecular weight is 455 g/mol. The first-order valence-corrected chi connectivity index (χ1v) is 10.0. The number of benzene rings is 1. The molecule has 0 radical (unpaired) electrons. The molecule has 9 nitrogen and oxygen atoms in total. The number of carbonyl (C=O) groups excluding carboxylic acids is 1. The van der Waals surface area contributed by atoms with Crippen molar-refractivity contribution >= 4 is 11.9 Å². The van der Waals surface area contributed by atoms with Crippen molar-refractivity contribution in [3.05, 3.63) is 47.8 Å². The normalized spacial score (nSPS) is 34.0. The van der Waals surface area contributed by atoms with Crippen LogP contribution >= 0.6 is 0 Å². The van der Waals surface area contributed by atoms with Crippen LogP contribution in [0.3, 0.4) is 0 Å². The SMILES string of the molecule is C=C1NC2[C@H](CO)NC(=N)N3[C@@H](C)[C@H](OC(=O)c4ccc(C(F)(F)F)cc4)C(C)C23N1O. The first kappa shape index (κ1) is 22.2. The topological polar surface area (TPSA) is 121 Å². The number of nitrogens with one attached hydrogen (secondary N) is 3. The van der Waals surface area contributed by atoms with E-state index in [1.54, 1.807) is 18.7 Å². The Hall–Kier alpha value is -2.99. The molecule has 3 aliphatic rings. The van der Waals surface area contributed by atoms with Gasteiger partial charge in [0.15, 0.2) is 11.6 Å². The van der Waals surface area contributed by atoms with Crippen LogP contribution in [0.4, 0.5) is 13.2 Å². The predicted molar refractivity (Wildman–Crippen MR) is 105 cm³/mol. The fraction of sp³-hybridized carbons (Fsp3) is 0.500. The Morgan fingerprint density at radius 1 is 1.28 bits per heavy atom. The second-order valence-corrected chi connectivity index (χ2v) is 8.29. The summed E-state index contributed by atoms with van der Waals surface area (Å²) in [6.45, 7) is 6.92. The minimum atomic E-state index is -4.52. The summed E-state index contributed by atoms with van der Waals surface area (Å²) in [6.07, 6.45) is -5.35. The number of esters is 1. The van der Waals surface area contributed by atoms with Crippen LogP contribution in [0.15, 0.2) is 36.7 Å². The first-order valence-electron chi connectivity index (χ1n) is 10.0. The van der Waals surface area contributed by atoms with E-state index in [1.807, 2.05) is 0 Å². The van der Waals surface area contributed by atoms with E-state index in [0.717, 1.165) is 29.3 Å². The molecule has 0 amide bonds. The van der Waals surface area contributed by atoms with Gasteiger partial charge in [-0.05, 0) is 31.2 Å². The van der Waals surface area contributed by atoms with Crippen molar-refractivity contribution in [2.24, 2.45) is 5.92 Å². The molecule has 1 aromatic rings. The molecule has 1 aromatic carbocycles.